The molecule has 0 spiro atoms. The number of nitriles is 1. The zero-order valence-corrected chi connectivity index (χ0v) is 7.82. The molecule has 0 amide bonds. The maximum atomic E-state index is 8.58. The molecule has 0 aliphatic heterocycles. The van der Waals surface area contributed by atoms with E-state index in [2.05, 4.69) is 11.1 Å². The lowest BCUT2D eigenvalue weighted by molar-refractivity contribution is 1.00. The van der Waals surface area contributed by atoms with Crippen molar-refractivity contribution < 1.29 is 0 Å². The van der Waals surface area contributed by atoms with Crippen molar-refractivity contribution in [3.8, 4) is 6.07 Å². The highest BCUT2D eigenvalue weighted by molar-refractivity contribution is 7.11. The number of thiazole rings is 1. The highest BCUT2D eigenvalue weighted by atomic mass is 32.1. The van der Waals surface area contributed by atoms with Gasteiger partial charge in [-0.15, -0.1) is 11.3 Å². The Bertz CT molecular complexity index is 331. The van der Waals surface area contributed by atoms with Gasteiger partial charge in [0.15, 0.2) is 0 Å². The third-order valence-corrected chi connectivity index (χ3v) is 3.02. The Morgan fingerprint density at radius 2 is 2.42 bits per heavy atom. The van der Waals surface area contributed by atoms with Crippen LogP contribution in [0.3, 0.4) is 0 Å². The molecule has 1 fully saturated rings. The second-order valence-electron chi connectivity index (χ2n) is 3.15. The van der Waals surface area contributed by atoms with Crippen LogP contribution < -0.4 is 0 Å². The van der Waals surface area contributed by atoms with E-state index < -0.39 is 0 Å². The maximum Gasteiger partial charge on any atom is 0.0900 e. The van der Waals surface area contributed by atoms with Crippen molar-refractivity contribution >= 4 is 11.3 Å². The SMILES string of the molecule is Cc1nc(C2CC2)c(CC#N)s1. The first-order valence-electron chi connectivity index (χ1n) is 4.14. The number of nitrogens with zero attached hydrogens (tertiary/aromatic N) is 2. The average Bonchev–Trinajstić information content (AvgIpc) is 2.79. The first kappa shape index (κ1) is 7.75. The minimum atomic E-state index is 0.539. The molecule has 0 aromatic carbocycles. The van der Waals surface area contributed by atoms with Gasteiger partial charge in [0.1, 0.15) is 0 Å². The van der Waals surface area contributed by atoms with Gasteiger partial charge in [-0.2, -0.15) is 5.26 Å². The van der Waals surface area contributed by atoms with E-state index in [1.54, 1.807) is 11.3 Å². The van der Waals surface area contributed by atoms with E-state index in [9.17, 15) is 0 Å². The smallest absolute Gasteiger partial charge is 0.0900 e. The van der Waals surface area contributed by atoms with Gasteiger partial charge in [0.25, 0.3) is 0 Å². The van der Waals surface area contributed by atoms with Crippen molar-refractivity contribution in [3.63, 3.8) is 0 Å². The molecule has 1 heterocycles. The number of rotatable bonds is 2. The molecule has 1 aromatic rings. The van der Waals surface area contributed by atoms with Crippen LogP contribution >= 0.6 is 11.3 Å². The number of hydrogen-bond acceptors (Lipinski definition) is 3. The van der Waals surface area contributed by atoms with Crippen LogP contribution in [-0.4, -0.2) is 4.98 Å². The van der Waals surface area contributed by atoms with Gasteiger partial charge in [0, 0.05) is 10.8 Å². The summed E-state index contributed by atoms with van der Waals surface area (Å²) in [6, 6.07) is 2.19. The summed E-state index contributed by atoms with van der Waals surface area (Å²) in [6.07, 6.45) is 3.07. The van der Waals surface area contributed by atoms with Gasteiger partial charge in [0.2, 0.25) is 0 Å². The quantitative estimate of drug-likeness (QED) is 0.697. The fourth-order valence-electron chi connectivity index (χ4n) is 1.36. The van der Waals surface area contributed by atoms with Crippen molar-refractivity contribution in [3.05, 3.63) is 15.6 Å². The summed E-state index contributed by atoms with van der Waals surface area (Å²) in [5, 5.41) is 9.68. The van der Waals surface area contributed by atoms with E-state index >= 15 is 0 Å². The van der Waals surface area contributed by atoms with Gasteiger partial charge < -0.3 is 0 Å². The zero-order chi connectivity index (χ0) is 8.55. The first-order valence-corrected chi connectivity index (χ1v) is 4.96. The summed E-state index contributed by atoms with van der Waals surface area (Å²) < 4.78 is 0. The zero-order valence-electron chi connectivity index (χ0n) is 7.00. The van der Waals surface area contributed by atoms with Crippen molar-refractivity contribution in [2.75, 3.05) is 0 Å². The molecular formula is C9H10N2S. The predicted octanol–water partition coefficient (Wildman–Crippen LogP) is 2.40. The van der Waals surface area contributed by atoms with E-state index in [1.165, 1.54) is 23.4 Å². The van der Waals surface area contributed by atoms with Crippen LogP contribution in [0, 0.1) is 18.3 Å². The van der Waals surface area contributed by atoms with Crippen LogP contribution in [0.5, 0.6) is 0 Å². The standard InChI is InChI=1S/C9H10N2S/c1-6-11-9(7-2-3-7)8(12-6)4-5-10/h7H,2-4H2,1H3. The molecule has 0 radical (unpaired) electrons. The van der Waals surface area contributed by atoms with Crippen LogP contribution in [0.4, 0.5) is 0 Å². The second kappa shape index (κ2) is 2.87. The number of aryl methyl sites for hydroxylation is 1. The van der Waals surface area contributed by atoms with Crippen LogP contribution in [0.1, 0.15) is 34.3 Å². The van der Waals surface area contributed by atoms with E-state index in [0.29, 0.717) is 12.3 Å². The van der Waals surface area contributed by atoms with Crippen LogP contribution in [0.25, 0.3) is 0 Å². The van der Waals surface area contributed by atoms with Gasteiger partial charge >= 0.3 is 0 Å². The fourth-order valence-corrected chi connectivity index (χ4v) is 2.31. The molecule has 1 aliphatic carbocycles. The molecule has 0 bridgehead atoms. The summed E-state index contributed by atoms with van der Waals surface area (Å²) in [6.45, 7) is 2.01. The van der Waals surface area contributed by atoms with Crippen LogP contribution in [0.2, 0.25) is 0 Å². The van der Waals surface area contributed by atoms with Crippen LogP contribution in [-0.2, 0) is 6.42 Å². The summed E-state index contributed by atoms with van der Waals surface area (Å²) in [5.41, 5.74) is 1.21. The minimum Gasteiger partial charge on any atom is -0.246 e. The Hall–Kier alpha value is -0.880. The maximum absolute atomic E-state index is 8.58. The van der Waals surface area contributed by atoms with Gasteiger partial charge in [0.05, 0.1) is 23.2 Å². The summed E-state index contributed by atoms with van der Waals surface area (Å²) >= 11 is 1.67. The number of hydrogen-bond donors (Lipinski definition) is 0. The van der Waals surface area contributed by atoms with Crippen molar-refractivity contribution in [1.29, 1.82) is 5.26 Å². The van der Waals surface area contributed by atoms with E-state index in [1.807, 2.05) is 6.92 Å². The first-order chi connectivity index (χ1) is 5.81. The van der Waals surface area contributed by atoms with Crippen molar-refractivity contribution in [1.82, 2.24) is 4.98 Å². The minimum absolute atomic E-state index is 0.539. The largest absolute Gasteiger partial charge is 0.246 e. The monoisotopic (exact) mass is 178 g/mol. The molecule has 1 aliphatic rings. The molecule has 62 valence electrons. The molecule has 2 rings (SSSR count). The average molecular weight is 178 g/mol. The molecule has 1 saturated carbocycles. The highest BCUT2D eigenvalue weighted by Gasteiger charge is 2.28. The number of aromatic nitrogens is 1. The summed E-state index contributed by atoms with van der Waals surface area (Å²) in [5.74, 6) is 0.679. The Labute approximate surface area is 75.9 Å². The van der Waals surface area contributed by atoms with Gasteiger partial charge in [-0.05, 0) is 19.8 Å². The predicted molar refractivity (Wildman–Crippen MR) is 48.1 cm³/mol. The molecule has 1 aromatic heterocycles. The molecule has 0 atom stereocenters. The molecule has 2 nitrogen and oxygen atoms in total. The third kappa shape index (κ3) is 1.35. The lowest BCUT2D eigenvalue weighted by atomic mass is 10.2. The van der Waals surface area contributed by atoms with Gasteiger partial charge in [-0.3, -0.25) is 0 Å². The summed E-state index contributed by atoms with van der Waals surface area (Å²) in [7, 11) is 0. The third-order valence-electron chi connectivity index (χ3n) is 2.04. The molecular weight excluding hydrogens is 168 g/mol. The van der Waals surface area contributed by atoms with E-state index in [4.69, 9.17) is 5.26 Å². The Balaban J connectivity index is 2.31. The summed E-state index contributed by atoms with van der Waals surface area (Å²) in [4.78, 5) is 5.65. The molecule has 3 heteroatoms. The normalized spacial score (nSPS) is 16.0. The fraction of sp³-hybridized carbons (Fsp3) is 0.556. The highest BCUT2D eigenvalue weighted by Crippen LogP contribution is 2.42. The molecule has 0 N–H and O–H groups in total. The van der Waals surface area contributed by atoms with Crippen molar-refractivity contribution in [2.24, 2.45) is 0 Å². The lowest BCUT2D eigenvalue weighted by Crippen LogP contribution is -1.86. The van der Waals surface area contributed by atoms with E-state index in [0.717, 1.165) is 5.01 Å². The molecule has 0 unspecified atom stereocenters. The Morgan fingerprint density at radius 1 is 1.67 bits per heavy atom. The topological polar surface area (TPSA) is 36.7 Å². The van der Waals surface area contributed by atoms with Gasteiger partial charge in [-0.25, -0.2) is 4.98 Å². The molecule has 12 heavy (non-hydrogen) atoms. The lowest BCUT2D eigenvalue weighted by Gasteiger charge is -1.91. The Kier molecular flexibility index (Phi) is 1.86. The van der Waals surface area contributed by atoms with Crippen LogP contribution in [0.15, 0.2) is 0 Å². The second-order valence-corrected chi connectivity index (χ2v) is 4.44. The van der Waals surface area contributed by atoms with Crippen molar-refractivity contribution in [2.45, 2.75) is 32.1 Å². The van der Waals surface area contributed by atoms with Gasteiger partial charge in [-0.1, -0.05) is 0 Å². The Morgan fingerprint density at radius 3 is 3.00 bits per heavy atom. The molecule has 0 saturated heterocycles. The van der Waals surface area contributed by atoms with E-state index in [-0.39, 0.29) is 0 Å².